The Bertz CT molecular complexity index is 1040. The first-order chi connectivity index (χ1) is 11.7. The zero-order valence-corrected chi connectivity index (χ0v) is 12.7. The molecular weight excluding hydrogens is 303 g/mol. The van der Waals surface area contributed by atoms with E-state index >= 15 is 0 Å². The van der Waals surface area contributed by atoms with Crippen LogP contribution in [0.5, 0.6) is 0 Å². The van der Waals surface area contributed by atoms with Crippen LogP contribution < -0.4 is 0 Å². The van der Waals surface area contributed by atoms with Crippen molar-refractivity contribution in [2.45, 2.75) is 0 Å². The lowest BCUT2D eigenvalue weighted by Crippen LogP contribution is -1.88. The molecule has 0 saturated carbocycles. The van der Waals surface area contributed by atoms with Crippen LogP contribution in [0.25, 0.3) is 27.9 Å². The molecule has 2 aromatic carbocycles. The zero-order valence-electron chi connectivity index (χ0n) is 12.7. The summed E-state index contributed by atoms with van der Waals surface area (Å²) in [5.41, 5.74) is 5.22. The number of nitrogens with zero attached hydrogens (tertiary/aromatic N) is 2. The molecule has 0 atom stereocenters. The zero-order chi connectivity index (χ0) is 16.5. The number of fused-ring (bicyclic) bond motifs is 1. The number of hydrogen-bond donors (Lipinski definition) is 0. The maximum Gasteiger partial charge on any atom is 0.150 e. The number of benzene rings is 2. The number of aldehydes is 1. The third kappa shape index (κ3) is 2.58. The molecule has 0 spiro atoms. The van der Waals surface area contributed by atoms with Crippen molar-refractivity contribution in [1.82, 2.24) is 9.61 Å². The predicted octanol–water partition coefficient (Wildman–Crippen LogP) is 4.62. The third-order valence-electron chi connectivity index (χ3n) is 3.96. The molecule has 4 heteroatoms. The van der Waals surface area contributed by atoms with Gasteiger partial charge in [-0.3, -0.25) is 4.79 Å². The van der Waals surface area contributed by atoms with E-state index in [0.717, 1.165) is 34.2 Å². The Labute approximate surface area is 138 Å². The standard InChI is InChI=1S/C20H13FN2O/c21-18-6-4-15(5-7-18)20-12-19-11-17(8-9-23(19)22-20)16-3-1-2-14(10-16)13-24/h1-13H. The molecular formula is C20H13FN2O. The lowest BCUT2D eigenvalue weighted by Gasteiger charge is -2.03. The van der Waals surface area contributed by atoms with E-state index in [1.54, 1.807) is 22.7 Å². The van der Waals surface area contributed by atoms with Gasteiger partial charge in [0.1, 0.15) is 12.1 Å². The van der Waals surface area contributed by atoms with Gasteiger partial charge in [-0.15, -0.1) is 0 Å². The molecule has 116 valence electrons. The van der Waals surface area contributed by atoms with Gasteiger partial charge in [0.15, 0.2) is 0 Å². The highest BCUT2D eigenvalue weighted by molar-refractivity contribution is 5.80. The lowest BCUT2D eigenvalue weighted by molar-refractivity contribution is 0.112. The van der Waals surface area contributed by atoms with Gasteiger partial charge in [-0.05, 0) is 59.7 Å². The van der Waals surface area contributed by atoms with Crippen molar-refractivity contribution < 1.29 is 9.18 Å². The highest BCUT2D eigenvalue weighted by Gasteiger charge is 2.07. The molecule has 0 aliphatic rings. The number of hydrogen-bond acceptors (Lipinski definition) is 2. The summed E-state index contributed by atoms with van der Waals surface area (Å²) in [7, 11) is 0. The van der Waals surface area contributed by atoms with Gasteiger partial charge in [-0.1, -0.05) is 18.2 Å². The van der Waals surface area contributed by atoms with Crippen LogP contribution in [0.15, 0.2) is 72.9 Å². The maximum atomic E-state index is 13.1. The van der Waals surface area contributed by atoms with Crippen LogP contribution in [-0.4, -0.2) is 15.9 Å². The van der Waals surface area contributed by atoms with E-state index in [9.17, 15) is 9.18 Å². The van der Waals surface area contributed by atoms with E-state index in [1.807, 2.05) is 42.6 Å². The summed E-state index contributed by atoms with van der Waals surface area (Å²) >= 11 is 0. The van der Waals surface area contributed by atoms with Crippen LogP contribution in [-0.2, 0) is 0 Å². The average Bonchev–Trinajstić information content (AvgIpc) is 3.05. The Balaban J connectivity index is 1.78. The van der Waals surface area contributed by atoms with Crippen molar-refractivity contribution in [2.24, 2.45) is 0 Å². The average molecular weight is 316 g/mol. The van der Waals surface area contributed by atoms with Crippen LogP contribution >= 0.6 is 0 Å². The Hall–Kier alpha value is -3.27. The Kier molecular flexibility index (Phi) is 3.43. The molecule has 2 aromatic heterocycles. The van der Waals surface area contributed by atoms with Crippen molar-refractivity contribution in [3.05, 3.63) is 84.3 Å². The summed E-state index contributed by atoms with van der Waals surface area (Å²) in [4.78, 5) is 10.9. The van der Waals surface area contributed by atoms with Gasteiger partial charge in [0.2, 0.25) is 0 Å². The highest BCUT2D eigenvalue weighted by Crippen LogP contribution is 2.25. The molecule has 0 fully saturated rings. The summed E-state index contributed by atoms with van der Waals surface area (Å²) in [6.07, 6.45) is 2.72. The predicted molar refractivity (Wildman–Crippen MR) is 91.4 cm³/mol. The lowest BCUT2D eigenvalue weighted by atomic mass is 10.0. The molecule has 2 heterocycles. The molecule has 0 N–H and O–H groups in total. The fraction of sp³-hybridized carbons (Fsp3) is 0. The van der Waals surface area contributed by atoms with E-state index in [0.29, 0.717) is 5.56 Å². The maximum absolute atomic E-state index is 13.1. The monoisotopic (exact) mass is 316 g/mol. The van der Waals surface area contributed by atoms with E-state index < -0.39 is 0 Å². The first-order valence-corrected chi connectivity index (χ1v) is 7.54. The van der Waals surface area contributed by atoms with Crippen molar-refractivity contribution in [3.63, 3.8) is 0 Å². The summed E-state index contributed by atoms with van der Waals surface area (Å²) in [6, 6.07) is 19.7. The van der Waals surface area contributed by atoms with Crippen LogP contribution in [0.3, 0.4) is 0 Å². The van der Waals surface area contributed by atoms with Crippen molar-refractivity contribution in [3.8, 4) is 22.4 Å². The number of carbonyl (C=O) groups excluding carboxylic acids is 1. The summed E-state index contributed by atoms with van der Waals surface area (Å²) in [6.45, 7) is 0. The van der Waals surface area contributed by atoms with Gasteiger partial charge in [-0.2, -0.15) is 5.10 Å². The smallest absolute Gasteiger partial charge is 0.150 e. The highest BCUT2D eigenvalue weighted by atomic mass is 19.1. The third-order valence-corrected chi connectivity index (χ3v) is 3.96. The van der Waals surface area contributed by atoms with Gasteiger partial charge < -0.3 is 0 Å². The van der Waals surface area contributed by atoms with Crippen LogP contribution in [0.1, 0.15) is 10.4 Å². The SMILES string of the molecule is O=Cc1cccc(-c2ccn3nc(-c4ccc(F)cc4)cc3c2)c1. The molecule has 0 unspecified atom stereocenters. The molecule has 0 radical (unpaired) electrons. The van der Waals surface area contributed by atoms with E-state index in [4.69, 9.17) is 0 Å². The minimum atomic E-state index is -0.264. The van der Waals surface area contributed by atoms with Gasteiger partial charge in [0.05, 0.1) is 11.2 Å². The topological polar surface area (TPSA) is 34.4 Å². The number of carbonyl (C=O) groups is 1. The molecule has 24 heavy (non-hydrogen) atoms. The largest absolute Gasteiger partial charge is 0.298 e. The molecule has 4 aromatic rings. The second-order valence-electron chi connectivity index (χ2n) is 5.56. The minimum Gasteiger partial charge on any atom is -0.298 e. The fourth-order valence-electron chi connectivity index (χ4n) is 2.73. The number of aromatic nitrogens is 2. The number of halogens is 1. The van der Waals surface area contributed by atoms with Gasteiger partial charge in [0, 0.05) is 17.3 Å². The normalized spacial score (nSPS) is 10.9. The first kappa shape index (κ1) is 14.3. The van der Waals surface area contributed by atoms with E-state index in [1.165, 1.54) is 12.1 Å². The van der Waals surface area contributed by atoms with Crippen molar-refractivity contribution in [1.29, 1.82) is 0 Å². The van der Waals surface area contributed by atoms with Crippen LogP contribution in [0, 0.1) is 5.82 Å². The van der Waals surface area contributed by atoms with Gasteiger partial charge >= 0.3 is 0 Å². The van der Waals surface area contributed by atoms with E-state index in [-0.39, 0.29) is 5.82 Å². The van der Waals surface area contributed by atoms with Crippen LogP contribution in [0.4, 0.5) is 4.39 Å². The first-order valence-electron chi connectivity index (χ1n) is 7.54. The fourth-order valence-corrected chi connectivity index (χ4v) is 2.73. The second-order valence-corrected chi connectivity index (χ2v) is 5.56. The van der Waals surface area contributed by atoms with Crippen LogP contribution in [0.2, 0.25) is 0 Å². The molecule has 0 bridgehead atoms. The summed E-state index contributed by atoms with van der Waals surface area (Å²) < 4.78 is 14.8. The molecule has 4 rings (SSSR count). The Morgan fingerprint density at radius 1 is 0.875 bits per heavy atom. The van der Waals surface area contributed by atoms with Gasteiger partial charge in [0.25, 0.3) is 0 Å². The number of rotatable bonds is 3. The Morgan fingerprint density at radius 2 is 1.67 bits per heavy atom. The number of pyridine rings is 1. The minimum absolute atomic E-state index is 0.264. The summed E-state index contributed by atoms with van der Waals surface area (Å²) in [5, 5.41) is 4.52. The second kappa shape index (κ2) is 5.74. The molecule has 0 aliphatic carbocycles. The molecule has 0 aliphatic heterocycles. The molecule has 0 saturated heterocycles. The van der Waals surface area contributed by atoms with Gasteiger partial charge in [-0.25, -0.2) is 8.91 Å². The quantitative estimate of drug-likeness (QED) is 0.517. The molecule has 3 nitrogen and oxygen atoms in total. The molecule has 0 amide bonds. The Morgan fingerprint density at radius 3 is 2.46 bits per heavy atom. The van der Waals surface area contributed by atoms with Crippen molar-refractivity contribution in [2.75, 3.05) is 0 Å². The summed E-state index contributed by atoms with van der Waals surface area (Å²) in [5.74, 6) is -0.264. The van der Waals surface area contributed by atoms with Crippen molar-refractivity contribution >= 4 is 11.8 Å². The van der Waals surface area contributed by atoms with E-state index in [2.05, 4.69) is 5.10 Å².